The van der Waals surface area contributed by atoms with Gasteiger partial charge in [0.05, 0.1) is 7.11 Å². The van der Waals surface area contributed by atoms with E-state index in [2.05, 4.69) is 66.1 Å². The van der Waals surface area contributed by atoms with Crippen molar-refractivity contribution in [2.45, 2.75) is 45.1 Å². The van der Waals surface area contributed by atoms with Crippen LogP contribution < -0.4 is 15.4 Å². The molecule has 4 rings (SSSR count). The molecule has 0 saturated carbocycles. The first-order valence-corrected chi connectivity index (χ1v) is 11.7. The molecule has 0 bridgehead atoms. The van der Waals surface area contributed by atoms with E-state index in [1.807, 2.05) is 6.07 Å². The Morgan fingerprint density at radius 3 is 2.56 bits per heavy atom. The molecule has 0 radical (unpaired) electrons. The second kappa shape index (κ2) is 10.6. The molecule has 0 aromatic heterocycles. The zero-order chi connectivity index (χ0) is 22.3. The van der Waals surface area contributed by atoms with Crippen molar-refractivity contribution in [3.05, 3.63) is 88.5 Å². The van der Waals surface area contributed by atoms with Crippen LogP contribution in [0.5, 0.6) is 11.5 Å². The van der Waals surface area contributed by atoms with E-state index < -0.39 is 0 Å². The lowest BCUT2D eigenvalue weighted by molar-refractivity contribution is 0.414. The Morgan fingerprint density at radius 2 is 1.78 bits per heavy atom. The number of aryl methyl sites for hydroxylation is 1. The number of methoxy groups -OCH3 is 1. The zero-order valence-electron chi connectivity index (χ0n) is 19.2. The third-order valence-corrected chi connectivity index (χ3v) is 6.46. The van der Waals surface area contributed by atoms with Gasteiger partial charge in [-0.15, -0.1) is 0 Å². The molecule has 0 spiro atoms. The summed E-state index contributed by atoms with van der Waals surface area (Å²) in [5.74, 6) is 1.69. The maximum Gasteiger partial charge on any atom is 0.120 e. The van der Waals surface area contributed by atoms with E-state index in [4.69, 9.17) is 4.74 Å². The van der Waals surface area contributed by atoms with E-state index in [0.717, 1.165) is 56.8 Å². The molecule has 1 aliphatic rings. The smallest absolute Gasteiger partial charge is 0.120 e. The molecule has 4 nitrogen and oxygen atoms in total. The Bertz CT molecular complexity index is 1030. The summed E-state index contributed by atoms with van der Waals surface area (Å²) in [4.78, 5) is 0. The minimum Gasteiger partial charge on any atom is -0.508 e. The normalized spacial score (nSPS) is 15.2. The maximum atomic E-state index is 9.80. The van der Waals surface area contributed by atoms with Crippen molar-refractivity contribution in [1.29, 1.82) is 0 Å². The lowest BCUT2D eigenvalue weighted by atomic mass is 9.79. The molecule has 0 unspecified atom stereocenters. The number of rotatable bonds is 9. The molecule has 1 aliphatic carbocycles. The second-order valence-electron chi connectivity index (χ2n) is 8.62. The van der Waals surface area contributed by atoms with Crippen LogP contribution in [-0.4, -0.2) is 25.3 Å². The van der Waals surface area contributed by atoms with Gasteiger partial charge in [0.25, 0.3) is 0 Å². The van der Waals surface area contributed by atoms with Crippen molar-refractivity contribution >= 4 is 5.69 Å². The van der Waals surface area contributed by atoms with Crippen LogP contribution in [-0.2, 0) is 25.8 Å². The van der Waals surface area contributed by atoms with Crippen molar-refractivity contribution < 1.29 is 9.84 Å². The van der Waals surface area contributed by atoms with Gasteiger partial charge in [-0.2, -0.15) is 0 Å². The molecule has 3 aromatic rings. The standard InChI is InChI=1S/C28H34N2O2/c1-3-29-15-14-20-4-6-21(7-5-20)19-30-28-18-26(32-2)12-13-27(28)24-9-8-23-17-25(31)11-10-22(23)16-24/h4-7,10-13,17-18,24,29-31H,3,8-9,14-16,19H2,1-2H3/t24-/m1/s1. The largest absolute Gasteiger partial charge is 0.508 e. The topological polar surface area (TPSA) is 53.5 Å². The first-order valence-electron chi connectivity index (χ1n) is 11.7. The Kier molecular flexibility index (Phi) is 7.33. The lowest BCUT2D eigenvalue weighted by Gasteiger charge is -2.27. The summed E-state index contributed by atoms with van der Waals surface area (Å²) < 4.78 is 5.51. The average molecular weight is 431 g/mol. The number of fused-ring (bicyclic) bond motifs is 1. The summed E-state index contributed by atoms with van der Waals surface area (Å²) in [6, 6.07) is 21.1. The van der Waals surface area contributed by atoms with Crippen LogP contribution >= 0.6 is 0 Å². The number of ether oxygens (including phenoxy) is 1. The fourth-order valence-electron chi connectivity index (χ4n) is 4.61. The van der Waals surface area contributed by atoms with Crippen molar-refractivity contribution in [3.63, 3.8) is 0 Å². The number of hydrogen-bond acceptors (Lipinski definition) is 4. The van der Waals surface area contributed by atoms with Gasteiger partial charge in [-0.3, -0.25) is 0 Å². The molecule has 0 aliphatic heterocycles. The van der Waals surface area contributed by atoms with Crippen molar-refractivity contribution in [1.82, 2.24) is 5.32 Å². The van der Waals surface area contributed by atoms with E-state index in [1.165, 1.54) is 27.8 Å². The number of phenols is 1. The van der Waals surface area contributed by atoms with Crippen LogP contribution in [0.2, 0.25) is 0 Å². The summed E-state index contributed by atoms with van der Waals surface area (Å²) in [5, 5.41) is 16.8. The van der Waals surface area contributed by atoms with Gasteiger partial charge in [-0.05, 0) is 90.7 Å². The van der Waals surface area contributed by atoms with Crippen molar-refractivity contribution in [2.75, 3.05) is 25.5 Å². The highest BCUT2D eigenvalue weighted by molar-refractivity contribution is 5.58. The summed E-state index contributed by atoms with van der Waals surface area (Å²) in [6.45, 7) is 4.95. The van der Waals surface area contributed by atoms with Gasteiger partial charge in [-0.1, -0.05) is 43.3 Å². The van der Waals surface area contributed by atoms with Crippen LogP contribution in [0, 0.1) is 0 Å². The summed E-state index contributed by atoms with van der Waals surface area (Å²) in [5.41, 5.74) is 7.74. The highest BCUT2D eigenvalue weighted by atomic mass is 16.5. The molecule has 0 heterocycles. The molecule has 0 fully saturated rings. The average Bonchev–Trinajstić information content (AvgIpc) is 2.83. The summed E-state index contributed by atoms with van der Waals surface area (Å²) in [7, 11) is 1.72. The van der Waals surface area contributed by atoms with Gasteiger partial charge in [-0.25, -0.2) is 0 Å². The van der Waals surface area contributed by atoms with E-state index in [-0.39, 0.29) is 0 Å². The molecule has 168 valence electrons. The Hall–Kier alpha value is -2.98. The molecular formula is C28H34N2O2. The van der Waals surface area contributed by atoms with Crippen LogP contribution in [0.25, 0.3) is 0 Å². The van der Waals surface area contributed by atoms with E-state index in [1.54, 1.807) is 13.2 Å². The number of anilines is 1. The maximum absolute atomic E-state index is 9.80. The SMILES string of the molecule is CCNCCc1ccc(CNc2cc(OC)ccc2[C@@H]2CCc3cc(O)ccc3C2)cc1. The number of likely N-dealkylation sites (N-methyl/N-ethyl adjacent to an activating group) is 1. The lowest BCUT2D eigenvalue weighted by Crippen LogP contribution is -2.16. The molecule has 0 amide bonds. The van der Waals surface area contributed by atoms with Crippen molar-refractivity contribution in [3.8, 4) is 11.5 Å². The zero-order valence-corrected chi connectivity index (χ0v) is 19.2. The number of benzene rings is 3. The number of phenolic OH excluding ortho intramolecular Hbond substituents is 1. The number of hydrogen-bond donors (Lipinski definition) is 3. The molecule has 4 heteroatoms. The fourth-order valence-corrected chi connectivity index (χ4v) is 4.61. The minimum atomic E-state index is 0.363. The van der Waals surface area contributed by atoms with Crippen LogP contribution in [0.4, 0.5) is 5.69 Å². The third kappa shape index (κ3) is 5.43. The molecular weight excluding hydrogens is 396 g/mol. The molecule has 3 aromatic carbocycles. The van der Waals surface area contributed by atoms with Gasteiger partial charge in [0.2, 0.25) is 0 Å². The first kappa shape index (κ1) is 22.2. The highest BCUT2D eigenvalue weighted by Gasteiger charge is 2.23. The Labute approximate surface area is 191 Å². The monoisotopic (exact) mass is 430 g/mol. The molecule has 3 N–H and O–H groups in total. The van der Waals surface area contributed by atoms with E-state index >= 15 is 0 Å². The van der Waals surface area contributed by atoms with Crippen LogP contribution in [0.1, 0.15) is 47.1 Å². The quantitative estimate of drug-likeness (QED) is 0.396. The van der Waals surface area contributed by atoms with E-state index in [0.29, 0.717) is 11.7 Å². The number of nitrogens with one attached hydrogen (secondary N) is 2. The first-order chi connectivity index (χ1) is 15.7. The van der Waals surface area contributed by atoms with E-state index in [9.17, 15) is 5.11 Å². The third-order valence-electron chi connectivity index (χ3n) is 6.46. The van der Waals surface area contributed by atoms with Crippen LogP contribution in [0.3, 0.4) is 0 Å². The van der Waals surface area contributed by atoms with Crippen LogP contribution in [0.15, 0.2) is 60.7 Å². The summed E-state index contributed by atoms with van der Waals surface area (Å²) in [6.07, 6.45) is 4.13. The Morgan fingerprint density at radius 1 is 0.969 bits per heavy atom. The van der Waals surface area contributed by atoms with Gasteiger partial charge in [0, 0.05) is 18.3 Å². The molecule has 32 heavy (non-hydrogen) atoms. The number of aromatic hydroxyl groups is 1. The van der Waals surface area contributed by atoms with Gasteiger partial charge >= 0.3 is 0 Å². The Balaban J connectivity index is 1.47. The highest BCUT2D eigenvalue weighted by Crippen LogP contribution is 2.38. The molecule has 0 saturated heterocycles. The minimum absolute atomic E-state index is 0.363. The predicted molar refractivity (Wildman–Crippen MR) is 132 cm³/mol. The summed E-state index contributed by atoms with van der Waals surface area (Å²) >= 11 is 0. The predicted octanol–water partition coefficient (Wildman–Crippen LogP) is 5.44. The molecule has 1 atom stereocenters. The van der Waals surface area contributed by atoms with Crippen molar-refractivity contribution in [2.24, 2.45) is 0 Å². The van der Waals surface area contributed by atoms with Gasteiger partial charge < -0.3 is 20.5 Å². The fraction of sp³-hybridized carbons (Fsp3) is 0.357. The van der Waals surface area contributed by atoms with Gasteiger partial charge in [0.1, 0.15) is 11.5 Å². The second-order valence-corrected chi connectivity index (χ2v) is 8.62. The van der Waals surface area contributed by atoms with Gasteiger partial charge in [0.15, 0.2) is 0 Å².